The number of hydrogen-bond donors (Lipinski definition) is 7. The first-order valence-electron chi connectivity index (χ1n) is 13.7. The van der Waals surface area contributed by atoms with Crippen LogP contribution in [0.25, 0.3) is 33.5 Å². The topological polar surface area (TPSA) is 171 Å². The van der Waals surface area contributed by atoms with Crippen molar-refractivity contribution in [3.05, 3.63) is 82.0 Å². The summed E-state index contributed by atoms with van der Waals surface area (Å²) in [4.78, 5) is 35.0. The number of rotatable bonds is 9. The van der Waals surface area contributed by atoms with Crippen molar-refractivity contribution in [1.29, 1.82) is 0 Å². The molecule has 2 amide bonds. The summed E-state index contributed by atoms with van der Waals surface area (Å²) < 4.78 is 0. The number of aromatic amines is 1. The number of H-pyrrole nitrogens is 1. The molecule has 2 aromatic heterocycles. The van der Waals surface area contributed by atoms with Crippen molar-refractivity contribution in [3.63, 3.8) is 0 Å². The fourth-order valence-corrected chi connectivity index (χ4v) is 6.04. The molecular weight excluding hydrogens is 570 g/mol. The van der Waals surface area contributed by atoms with E-state index in [1.807, 2.05) is 59.2 Å². The van der Waals surface area contributed by atoms with Gasteiger partial charge in [0.2, 0.25) is 0 Å². The molecule has 0 bridgehead atoms. The Labute approximate surface area is 252 Å². The Balaban J connectivity index is 1.45. The van der Waals surface area contributed by atoms with E-state index in [0.29, 0.717) is 33.8 Å². The molecule has 1 aliphatic heterocycles. The summed E-state index contributed by atoms with van der Waals surface area (Å²) in [7, 11) is 0. The van der Waals surface area contributed by atoms with Crippen molar-refractivity contribution in [1.82, 2.24) is 20.2 Å². The molecule has 2 aromatic carbocycles. The van der Waals surface area contributed by atoms with E-state index in [1.165, 1.54) is 11.3 Å². The molecule has 0 radical (unpaired) electrons. The molecule has 0 aliphatic carbocycles. The average Bonchev–Trinajstić information content (AvgIpc) is 3.65. The van der Waals surface area contributed by atoms with E-state index >= 15 is 0 Å². The van der Waals surface area contributed by atoms with E-state index in [-0.39, 0.29) is 24.6 Å². The zero-order chi connectivity index (χ0) is 31.1. The first-order chi connectivity index (χ1) is 20.4. The lowest BCUT2D eigenvalue weighted by atomic mass is 10.0. The maximum Gasteiger partial charge on any atom is 0.319 e. The van der Waals surface area contributed by atoms with Crippen molar-refractivity contribution in [2.45, 2.75) is 39.5 Å². The van der Waals surface area contributed by atoms with E-state index in [1.54, 1.807) is 33.8 Å². The zero-order valence-electron chi connectivity index (χ0n) is 24.1. The highest BCUT2D eigenvalue weighted by Crippen LogP contribution is 2.38. The number of carbonyl (C=O) groups excluding carboxylic acids is 2. The van der Waals surface area contributed by atoms with Crippen molar-refractivity contribution in [2.24, 2.45) is 0 Å². The standard InChI is InChI=1S/C31H33N5O6S/c1-5-36(6-2)31(41,42)30(39,40)35-28(38)26-17(3)24(32-18(26)4)15-22-21-14-20(12-13-23(21)33-27(22)37)25-16-43-29(34-25)19-10-8-7-9-11-19/h7-16,32,39-42H,5-6H2,1-4H3,(H,33,37)(H,35,38)/b22-15-. The Morgan fingerprint density at radius 3 is 2.42 bits per heavy atom. The zero-order valence-corrected chi connectivity index (χ0v) is 24.9. The van der Waals surface area contributed by atoms with Gasteiger partial charge in [-0.2, -0.15) is 0 Å². The van der Waals surface area contributed by atoms with Crippen LogP contribution in [-0.4, -0.2) is 72.0 Å². The normalized spacial score (nSPS) is 14.3. The molecule has 1 aliphatic rings. The number of benzene rings is 2. The number of nitrogens with zero attached hydrogens (tertiary/aromatic N) is 2. The van der Waals surface area contributed by atoms with Gasteiger partial charge in [0.05, 0.1) is 16.8 Å². The number of aryl methyl sites for hydroxylation is 1. The molecule has 12 heteroatoms. The van der Waals surface area contributed by atoms with E-state index in [0.717, 1.165) is 26.7 Å². The maximum atomic E-state index is 13.2. The molecule has 0 unspecified atom stereocenters. The van der Waals surface area contributed by atoms with Gasteiger partial charge in [0.1, 0.15) is 5.01 Å². The van der Waals surface area contributed by atoms with Crippen LogP contribution in [0, 0.1) is 13.8 Å². The molecule has 5 rings (SSSR count). The summed E-state index contributed by atoms with van der Waals surface area (Å²) in [5, 5.41) is 49.4. The molecule has 4 aromatic rings. The van der Waals surface area contributed by atoms with Gasteiger partial charge in [0.15, 0.2) is 0 Å². The van der Waals surface area contributed by atoms with Crippen LogP contribution in [-0.2, 0) is 4.79 Å². The number of aliphatic hydroxyl groups is 4. The smallest absolute Gasteiger partial charge is 0.319 e. The molecule has 224 valence electrons. The molecule has 0 fully saturated rings. The first-order valence-corrected chi connectivity index (χ1v) is 14.6. The second kappa shape index (κ2) is 11.5. The Morgan fingerprint density at radius 2 is 1.74 bits per heavy atom. The van der Waals surface area contributed by atoms with Crippen LogP contribution >= 0.6 is 11.3 Å². The molecule has 3 heterocycles. The number of nitrogens with one attached hydrogen (secondary N) is 3. The highest BCUT2D eigenvalue weighted by atomic mass is 32.1. The van der Waals surface area contributed by atoms with Crippen molar-refractivity contribution >= 4 is 40.5 Å². The molecule has 0 saturated carbocycles. The third kappa shape index (κ3) is 5.52. The van der Waals surface area contributed by atoms with Crippen molar-refractivity contribution in [3.8, 4) is 21.8 Å². The Morgan fingerprint density at radius 1 is 1.05 bits per heavy atom. The van der Waals surface area contributed by atoms with E-state index < -0.39 is 17.7 Å². The summed E-state index contributed by atoms with van der Waals surface area (Å²) in [5.74, 6) is -7.81. The number of thiazole rings is 1. The molecule has 43 heavy (non-hydrogen) atoms. The SMILES string of the molecule is CCN(CC)C(O)(O)C(O)(O)NC(=O)c1c(C)[nH]c(/C=C2\C(=O)Nc3ccc(-c4csc(-c5ccccc5)n4)cc32)c1C. The minimum Gasteiger partial charge on any atom is -0.358 e. The van der Waals surface area contributed by atoms with Crippen LogP contribution in [0.4, 0.5) is 5.69 Å². The third-order valence-corrected chi connectivity index (χ3v) is 8.47. The van der Waals surface area contributed by atoms with Crippen molar-refractivity contribution < 1.29 is 30.0 Å². The number of anilines is 1. The number of likely N-dealkylation sites (N-methyl/N-ethyl adjacent to an activating group) is 1. The molecule has 7 N–H and O–H groups in total. The molecule has 11 nitrogen and oxygen atoms in total. The fraction of sp³-hybridized carbons (Fsp3) is 0.258. The number of hydrogen-bond acceptors (Lipinski definition) is 9. The van der Waals surface area contributed by atoms with E-state index in [9.17, 15) is 30.0 Å². The predicted molar refractivity (Wildman–Crippen MR) is 164 cm³/mol. The minimum absolute atomic E-state index is 0.0676. The number of aromatic nitrogens is 2. The van der Waals surface area contributed by atoms with Gasteiger partial charge >= 0.3 is 11.8 Å². The number of amides is 2. The third-order valence-electron chi connectivity index (χ3n) is 7.58. The van der Waals surface area contributed by atoms with Crippen molar-refractivity contribution in [2.75, 3.05) is 18.4 Å². The lowest BCUT2D eigenvalue weighted by Crippen LogP contribution is -2.71. The van der Waals surface area contributed by atoms with Crippen LogP contribution in [0.1, 0.15) is 46.7 Å². The quantitative estimate of drug-likeness (QED) is 0.113. The van der Waals surface area contributed by atoms with E-state index in [2.05, 4.69) is 10.3 Å². The molecule has 0 saturated heterocycles. The second-order valence-electron chi connectivity index (χ2n) is 10.3. The number of carbonyl (C=O) groups is 2. The van der Waals surface area contributed by atoms with Crippen LogP contribution in [0.3, 0.4) is 0 Å². The summed E-state index contributed by atoms with van der Waals surface area (Å²) in [6, 6.07) is 15.5. The van der Waals surface area contributed by atoms with Crippen LogP contribution < -0.4 is 10.6 Å². The van der Waals surface area contributed by atoms with Gasteiger partial charge in [-0.25, -0.2) is 9.88 Å². The molecular formula is C31H33N5O6S. The Kier molecular flexibility index (Phi) is 8.09. The van der Waals surface area contributed by atoms with Crippen LogP contribution in [0.15, 0.2) is 53.9 Å². The van der Waals surface area contributed by atoms with E-state index in [4.69, 9.17) is 4.98 Å². The summed E-state index contributed by atoms with van der Waals surface area (Å²) in [6.07, 6.45) is 1.63. The highest BCUT2D eigenvalue weighted by molar-refractivity contribution is 7.13. The van der Waals surface area contributed by atoms with Gasteiger partial charge in [0, 0.05) is 52.2 Å². The van der Waals surface area contributed by atoms with Gasteiger partial charge in [-0.15, -0.1) is 11.3 Å². The second-order valence-corrected chi connectivity index (χ2v) is 11.1. The summed E-state index contributed by atoms with van der Waals surface area (Å²) in [5.41, 5.74) is 5.64. The Bertz CT molecular complexity index is 1720. The van der Waals surface area contributed by atoms with Gasteiger partial charge in [-0.1, -0.05) is 50.2 Å². The molecule has 0 spiro atoms. The minimum atomic E-state index is -3.39. The van der Waals surface area contributed by atoms with Gasteiger partial charge < -0.3 is 30.7 Å². The van der Waals surface area contributed by atoms with Gasteiger partial charge in [0.25, 0.3) is 11.8 Å². The monoisotopic (exact) mass is 603 g/mol. The Hall–Kier alpha value is -4.17. The first kappa shape index (κ1) is 30.3. The average molecular weight is 604 g/mol. The van der Waals surface area contributed by atoms with Gasteiger partial charge in [-0.05, 0) is 37.6 Å². The maximum absolute atomic E-state index is 13.2. The lowest BCUT2D eigenvalue weighted by Gasteiger charge is -2.41. The summed E-state index contributed by atoms with van der Waals surface area (Å²) in [6.45, 7) is 6.60. The largest absolute Gasteiger partial charge is 0.358 e. The van der Waals surface area contributed by atoms with Gasteiger partial charge in [-0.3, -0.25) is 14.9 Å². The fourth-order valence-electron chi connectivity index (χ4n) is 5.20. The lowest BCUT2D eigenvalue weighted by molar-refractivity contribution is -0.418. The summed E-state index contributed by atoms with van der Waals surface area (Å²) >= 11 is 1.53. The van der Waals surface area contributed by atoms with Crippen LogP contribution in [0.2, 0.25) is 0 Å². The highest BCUT2D eigenvalue weighted by Gasteiger charge is 2.53. The van der Waals surface area contributed by atoms with Crippen LogP contribution in [0.5, 0.6) is 0 Å². The number of fused-ring (bicyclic) bond motifs is 1. The molecule has 0 atom stereocenters. The predicted octanol–water partition coefficient (Wildman–Crippen LogP) is 3.26.